The summed E-state index contributed by atoms with van der Waals surface area (Å²) in [5, 5.41) is 8.12. The molecular formula is C44H42N2. The Bertz CT molecular complexity index is 2210. The average Bonchev–Trinajstić information content (AvgIpc) is 3.47. The Labute approximate surface area is 272 Å². The second-order valence-electron chi connectivity index (χ2n) is 12.6. The minimum absolute atomic E-state index is 0.358. The largest absolute Gasteiger partial charge is 0.338 e. The van der Waals surface area contributed by atoms with E-state index in [2.05, 4.69) is 137 Å². The Balaban J connectivity index is 0.00000153. The van der Waals surface area contributed by atoms with Gasteiger partial charge in [0.2, 0.25) is 0 Å². The minimum Gasteiger partial charge on any atom is -0.338 e. The maximum absolute atomic E-state index is 2.61. The van der Waals surface area contributed by atoms with Crippen molar-refractivity contribution in [3.63, 3.8) is 0 Å². The zero-order chi connectivity index (χ0) is 31.0. The third-order valence-corrected chi connectivity index (χ3v) is 10.0. The van der Waals surface area contributed by atoms with E-state index >= 15 is 0 Å². The Morgan fingerprint density at radius 2 is 1.48 bits per heavy atom. The molecule has 2 heteroatoms. The summed E-state index contributed by atoms with van der Waals surface area (Å²) in [6, 6.07) is 23.4. The fourth-order valence-electron chi connectivity index (χ4n) is 8.01. The summed E-state index contributed by atoms with van der Waals surface area (Å²) in [6.07, 6.45) is 33.2. The number of nitrogens with zero attached hydrogens (tertiary/aromatic N) is 2. The van der Waals surface area contributed by atoms with E-state index in [0.717, 1.165) is 44.9 Å². The summed E-state index contributed by atoms with van der Waals surface area (Å²) in [7, 11) is 0. The number of benzene rings is 4. The van der Waals surface area contributed by atoms with E-state index in [1.165, 1.54) is 71.6 Å². The Morgan fingerprint density at radius 3 is 2.22 bits per heavy atom. The van der Waals surface area contributed by atoms with Crippen LogP contribution in [0.2, 0.25) is 0 Å². The van der Waals surface area contributed by atoms with E-state index in [0.29, 0.717) is 6.04 Å². The van der Waals surface area contributed by atoms with Gasteiger partial charge in [0.25, 0.3) is 0 Å². The number of aryl methyl sites for hydroxylation is 1. The molecule has 5 aromatic rings. The summed E-state index contributed by atoms with van der Waals surface area (Å²) in [5.74, 6) is 0. The van der Waals surface area contributed by atoms with Crippen LogP contribution in [0.25, 0.3) is 55.1 Å². The van der Waals surface area contributed by atoms with E-state index in [1.807, 2.05) is 13.8 Å². The molecule has 0 bridgehead atoms. The molecule has 0 radical (unpaired) electrons. The SMILES string of the molecule is C1=CCC(N(C2=CCCC=C2)C2=CC=C(n3c4cc5c(cc4c4c6ccccc6c6ccccc6c43)CCC=C5)CC2)C=C1.CC. The maximum atomic E-state index is 2.61. The number of hydrogen-bond donors (Lipinski definition) is 0. The zero-order valence-electron chi connectivity index (χ0n) is 27.0. The van der Waals surface area contributed by atoms with Gasteiger partial charge in [-0.2, -0.15) is 0 Å². The number of fused-ring (bicyclic) bond motifs is 9. The van der Waals surface area contributed by atoms with Gasteiger partial charge in [0, 0.05) is 33.2 Å². The molecule has 0 aliphatic heterocycles. The molecule has 1 heterocycles. The molecule has 228 valence electrons. The smallest absolute Gasteiger partial charge is 0.0622 e. The van der Waals surface area contributed by atoms with E-state index in [-0.39, 0.29) is 0 Å². The van der Waals surface area contributed by atoms with Crippen molar-refractivity contribution in [3.8, 4) is 0 Å². The van der Waals surface area contributed by atoms with Crippen molar-refractivity contribution in [1.29, 1.82) is 0 Å². The van der Waals surface area contributed by atoms with Gasteiger partial charge >= 0.3 is 0 Å². The van der Waals surface area contributed by atoms with E-state index in [9.17, 15) is 0 Å². The van der Waals surface area contributed by atoms with Gasteiger partial charge in [-0.15, -0.1) is 0 Å². The van der Waals surface area contributed by atoms with Crippen LogP contribution in [0, 0.1) is 0 Å². The lowest BCUT2D eigenvalue weighted by atomic mass is 9.93. The fraction of sp³-hybridized carbons (Fsp3) is 0.227. The van der Waals surface area contributed by atoms with Gasteiger partial charge in [-0.25, -0.2) is 0 Å². The van der Waals surface area contributed by atoms with Crippen molar-refractivity contribution in [2.45, 2.75) is 64.8 Å². The summed E-state index contributed by atoms with van der Waals surface area (Å²) in [4.78, 5) is 2.60. The maximum Gasteiger partial charge on any atom is 0.0622 e. The van der Waals surface area contributed by atoms with E-state index < -0.39 is 0 Å². The lowest BCUT2D eigenvalue weighted by molar-refractivity contribution is 0.356. The van der Waals surface area contributed by atoms with Crippen molar-refractivity contribution >= 4 is 55.1 Å². The number of aromatic nitrogens is 1. The van der Waals surface area contributed by atoms with Gasteiger partial charge in [-0.3, -0.25) is 0 Å². The molecule has 4 aromatic carbocycles. The first kappa shape index (κ1) is 28.6. The average molecular weight is 599 g/mol. The van der Waals surface area contributed by atoms with Crippen LogP contribution in [0.3, 0.4) is 0 Å². The molecule has 0 N–H and O–H groups in total. The van der Waals surface area contributed by atoms with Crippen LogP contribution in [-0.2, 0) is 6.42 Å². The second-order valence-corrected chi connectivity index (χ2v) is 12.6. The molecule has 2 nitrogen and oxygen atoms in total. The standard InChI is InChI=1S/C42H36N2.C2H6/c1-3-15-31(16-4-1)43(32-17-5-2-6-18-32)33-23-25-34(26-24-33)44-40-28-30-14-8-7-13-29(30)27-39(40)41-37-21-11-9-19-35(37)36-20-10-12-22-38(36)42(41)44;1-2/h1,3-5,8-12,14-15,17-23,25,27-28,31H,2,6-7,13,16,24,26H2;1-2H3. The van der Waals surface area contributed by atoms with Crippen LogP contribution < -0.4 is 0 Å². The topological polar surface area (TPSA) is 8.17 Å². The van der Waals surface area contributed by atoms with Gasteiger partial charge in [0.1, 0.15) is 0 Å². The van der Waals surface area contributed by atoms with E-state index in [1.54, 1.807) is 0 Å². The van der Waals surface area contributed by atoms with Crippen molar-refractivity contribution in [3.05, 3.63) is 144 Å². The number of hydrogen-bond acceptors (Lipinski definition) is 1. The quantitative estimate of drug-likeness (QED) is 0.187. The molecule has 9 rings (SSSR count). The molecule has 0 saturated carbocycles. The first-order valence-electron chi connectivity index (χ1n) is 17.3. The summed E-state index contributed by atoms with van der Waals surface area (Å²) in [6.45, 7) is 4.00. The molecule has 0 saturated heterocycles. The monoisotopic (exact) mass is 598 g/mol. The van der Waals surface area contributed by atoms with Crippen LogP contribution in [-0.4, -0.2) is 15.5 Å². The first-order chi connectivity index (χ1) is 22.8. The molecule has 0 spiro atoms. The molecule has 4 aliphatic rings. The molecule has 1 atom stereocenters. The second kappa shape index (κ2) is 12.2. The fourth-order valence-corrected chi connectivity index (χ4v) is 8.01. The number of allylic oxidation sites excluding steroid dienone is 10. The van der Waals surface area contributed by atoms with Crippen molar-refractivity contribution in [2.24, 2.45) is 0 Å². The van der Waals surface area contributed by atoms with Crippen LogP contribution in [0.1, 0.15) is 63.5 Å². The summed E-state index contributed by atoms with van der Waals surface area (Å²) < 4.78 is 2.61. The summed E-state index contributed by atoms with van der Waals surface area (Å²) in [5.41, 5.74) is 9.64. The van der Waals surface area contributed by atoms with Gasteiger partial charge in [0.05, 0.1) is 17.1 Å². The van der Waals surface area contributed by atoms with Gasteiger partial charge in [-0.1, -0.05) is 111 Å². The highest BCUT2D eigenvalue weighted by Crippen LogP contribution is 2.45. The lowest BCUT2D eigenvalue weighted by Gasteiger charge is -2.37. The predicted octanol–water partition coefficient (Wildman–Crippen LogP) is 12.0. The highest BCUT2D eigenvalue weighted by Gasteiger charge is 2.26. The Hall–Kier alpha value is -4.82. The van der Waals surface area contributed by atoms with Crippen molar-refractivity contribution in [1.82, 2.24) is 9.47 Å². The predicted molar refractivity (Wildman–Crippen MR) is 200 cm³/mol. The normalized spacial score (nSPS) is 18.7. The molecule has 4 aliphatic carbocycles. The Morgan fingerprint density at radius 1 is 0.696 bits per heavy atom. The van der Waals surface area contributed by atoms with Crippen LogP contribution >= 0.6 is 0 Å². The molecule has 1 aromatic heterocycles. The zero-order valence-corrected chi connectivity index (χ0v) is 27.0. The van der Waals surface area contributed by atoms with Gasteiger partial charge < -0.3 is 9.47 Å². The third kappa shape index (κ3) is 4.70. The molecule has 46 heavy (non-hydrogen) atoms. The van der Waals surface area contributed by atoms with Crippen LogP contribution in [0.4, 0.5) is 0 Å². The number of rotatable bonds is 4. The minimum atomic E-state index is 0.358. The van der Waals surface area contributed by atoms with E-state index in [4.69, 9.17) is 0 Å². The van der Waals surface area contributed by atoms with Crippen molar-refractivity contribution < 1.29 is 0 Å². The molecule has 0 fully saturated rings. The third-order valence-electron chi connectivity index (χ3n) is 10.0. The summed E-state index contributed by atoms with van der Waals surface area (Å²) >= 11 is 0. The Kier molecular flexibility index (Phi) is 7.58. The molecule has 1 unspecified atom stereocenters. The highest BCUT2D eigenvalue weighted by molar-refractivity contribution is 6.32. The molecule has 0 amide bonds. The van der Waals surface area contributed by atoms with Gasteiger partial charge in [-0.05, 0) is 103 Å². The van der Waals surface area contributed by atoms with Crippen molar-refractivity contribution in [2.75, 3.05) is 0 Å². The lowest BCUT2D eigenvalue weighted by Crippen LogP contribution is -2.33. The molecular weight excluding hydrogens is 556 g/mol. The van der Waals surface area contributed by atoms with Crippen LogP contribution in [0.15, 0.2) is 133 Å². The first-order valence-corrected chi connectivity index (χ1v) is 17.3. The van der Waals surface area contributed by atoms with Gasteiger partial charge in [0.15, 0.2) is 0 Å². The highest BCUT2D eigenvalue weighted by atomic mass is 15.2. The van der Waals surface area contributed by atoms with Crippen LogP contribution in [0.5, 0.6) is 0 Å².